The molecule has 0 spiro atoms. The van der Waals surface area contributed by atoms with E-state index in [0.29, 0.717) is 19.4 Å². The van der Waals surface area contributed by atoms with Crippen LogP contribution in [-0.4, -0.2) is 37.7 Å². The van der Waals surface area contributed by atoms with Crippen molar-refractivity contribution in [1.29, 1.82) is 0 Å². The fourth-order valence-electron chi connectivity index (χ4n) is 3.18. The van der Waals surface area contributed by atoms with Crippen LogP contribution in [0.2, 0.25) is 0 Å². The predicted octanol–water partition coefficient (Wildman–Crippen LogP) is 3.02. The van der Waals surface area contributed by atoms with Gasteiger partial charge in [0.1, 0.15) is 12.3 Å². The van der Waals surface area contributed by atoms with Gasteiger partial charge in [-0.05, 0) is 48.2 Å². The molecule has 0 bridgehead atoms. The van der Waals surface area contributed by atoms with Crippen LogP contribution in [0.25, 0.3) is 0 Å². The highest BCUT2D eigenvalue weighted by Gasteiger charge is 2.20. The maximum absolute atomic E-state index is 12.6. The summed E-state index contributed by atoms with van der Waals surface area (Å²) in [7, 11) is -4.12. The summed E-state index contributed by atoms with van der Waals surface area (Å²) >= 11 is 0. The summed E-state index contributed by atoms with van der Waals surface area (Å²) in [5.74, 6) is -1.57. The molecule has 1 heterocycles. The van der Waals surface area contributed by atoms with Crippen molar-refractivity contribution in [3.63, 3.8) is 0 Å². The van der Waals surface area contributed by atoms with Crippen molar-refractivity contribution in [2.45, 2.75) is 37.7 Å². The number of nitrogens with one attached hydrogen (secondary N) is 2. The molecule has 1 aromatic heterocycles. The average molecular weight is 510 g/mol. The zero-order valence-electron chi connectivity index (χ0n) is 19.8. The van der Waals surface area contributed by atoms with Gasteiger partial charge in [0, 0.05) is 19.2 Å². The Morgan fingerprint density at radius 3 is 2.28 bits per heavy atom. The molecule has 0 aliphatic rings. The lowest BCUT2D eigenvalue weighted by atomic mass is 10.1. The van der Waals surface area contributed by atoms with E-state index in [1.807, 2.05) is 42.0 Å². The minimum absolute atomic E-state index is 0.00758. The number of nitrogens with zero attached hydrogens (tertiary/aromatic N) is 1. The molecule has 0 saturated carbocycles. The third kappa shape index (κ3) is 7.74. The molecule has 0 saturated heterocycles. The van der Waals surface area contributed by atoms with Gasteiger partial charge in [-0.25, -0.2) is 22.9 Å². The van der Waals surface area contributed by atoms with E-state index in [9.17, 15) is 22.8 Å². The molecule has 2 N–H and O–H groups in total. The predicted molar refractivity (Wildman–Crippen MR) is 133 cm³/mol. The third-order valence-electron chi connectivity index (χ3n) is 5.12. The van der Waals surface area contributed by atoms with Gasteiger partial charge in [-0.1, -0.05) is 49.4 Å². The summed E-state index contributed by atoms with van der Waals surface area (Å²) in [6.07, 6.45) is 2.90. The fourth-order valence-corrected chi connectivity index (χ4v) is 4.16. The van der Waals surface area contributed by atoms with Crippen LogP contribution >= 0.6 is 0 Å². The Morgan fingerprint density at radius 2 is 1.64 bits per heavy atom. The van der Waals surface area contributed by atoms with Crippen molar-refractivity contribution < 1.29 is 27.5 Å². The maximum Gasteiger partial charge on any atom is 0.357 e. The number of rotatable bonds is 11. The Balaban J connectivity index is 1.54. The van der Waals surface area contributed by atoms with Gasteiger partial charge in [0.05, 0.1) is 10.5 Å². The van der Waals surface area contributed by atoms with Crippen LogP contribution < -0.4 is 10.0 Å². The quantitative estimate of drug-likeness (QED) is 0.380. The molecule has 0 unspecified atom stereocenters. The number of hydrogen-bond acceptors (Lipinski definition) is 7. The molecule has 0 atom stereocenters. The van der Waals surface area contributed by atoms with E-state index in [1.54, 1.807) is 12.1 Å². The number of carbonyl (C=O) groups excluding carboxylic acids is 3. The van der Waals surface area contributed by atoms with Gasteiger partial charge in [0.15, 0.2) is 0 Å². The topological polar surface area (TPSA) is 132 Å². The molecule has 3 aromatic rings. The highest BCUT2D eigenvalue weighted by molar-refractivity contribution is 7.90. The Bertz CT molecular complexity index is 1290. The Hall–Kier alpha value is -4.05. The molecule has 0 radical (unpaired) electrons. The van der Waals surface area contributed by atoms with E-state index < -0.39 is 21.9 Å². The van der Waals surface area contributed by atoms with Crippen LogP contribution in [0.3, 0.4) is 0 Å². The van der Waals surface area contributed by atoms with Gasteiger partial charge in [-0.3, -0.25) is 9.59 Å². The van der Waals surface area contributed by atoms with Crippen molar-refractivity contribution in [2.75, 3.05) is 6.54 Å². The van der Waals surface area contributed by atoms with Crippen molar-refractivity contribution in [3.05, 3.63) is 95.3 Å². The molecule has 9 nitrogen and oxygen atoms in total. The SMILES string of the molecule is CCCC(=O)NCCc1ccc(S(=O)(=O)NC(=O)c2ccc(C(=O)OCc3ccccc3)nc2)cc1. The van der Waals surface area contributed by atoms with Crippen molar-refractivity contribution in [2.24, 2.45) is 0 Å². The standard InChI is InChI=1S/C26H27N3O6S/c1-2-6-24(30)27-16-15-19-9-12-22(13-10-19)36(33,34)29-25(31)21-11-14-23(28-17-21)26(32)35-18-20-7-4-3-5-8-20/h3-5,7-14,17H,2,6,15-16,18H2,1H3,(H,27,30)(H,29,31). The monoisotopic (exact) mass is 509 g/mol. The summed E-state index contributed by atoms with van der Waals surface area (Å²) in [5, 5.41) is 2.80. The number of aromatic nitrogens is 1. The first kappa shape index (κ1) is 26.6. The number of carbonyl (C=O) groups is 3. The van der Waals surface area contributed by atoms with E-state index in [1.165, 1.54) is 24.3 Å². The molecule has 36 heavy (non-hydrogen) atoms. The lowest BCUT2D eigenvalue weighted by molar-refractivity contribution is -0.121. The molecular weight excluding hydrogens is 482 g/mol. The normalized spacial score (nSPS) is 10.9. The van der Waals surface area contributed by atoms with Gasteiger partial charge in [0.25, 0.3) is 15.9 Å². The fraction of sp³-hybridized carbons (Fsp3) is 0.231. The second kappa shape index (κ2) is 12.6. The number of amides is 2. The molecule has 2 amide bonds. The van der Waals surface area contributed by atoms with Crippen molar-refractivity contribution >= 4 is 27.8 Å². The number of esters is 1. The lowest BCUT2D eigenvalue weighted by Crippen LogP contribution is -2.30. The first-order chi connectivity index (χ1) is 17.3. The summed E-state index contributed by atoms with van der Waals surface area (Å²) in [6.45, 7) is 2.45. The zero-order valence-corrected chi connectivity index (χ0v) is 20.6. The third-order valence-corrected chi connectivity index (χ3v) is 6.47. The first-order valence-corrected chi connectivity index (χ1v) is 12.9. The van der Waals surface area contributed by atoms with E-state index in [2.05, 4.69) is 10.3 Å². The highest BCUT2D eigenvalue weighted by atomic mass is 32.2. The summed E-state index contributed by atoms with van der Waals surface area (Å²) in [6, 6.07) is 17.8. The number of ether oxygens (including phenoxy) is 1. The van der Waals surface area contributed by atoms with Gasteiger partial charge < -0.3 is 10.1 Å². The average Bonchev–Trinajstić information content (AvgIpc) is 2.88. The Labute approximate surface area is 210 Å². The van der Waals surface area contributed by atoms with E-state index in [-0.39, 0.29) is 28.7 Å². The van der Waals surface area contributed by atoms with Gasteiger partial charge >= 0.3 is 5.97 Å². The maximum atomic E-state index is 12.6. The van der Waals surface area contributed by atoms with E-state index in [4.69, 9.17) is 4.74 Å². The molecule has 0 aliphatic heterocycles. The molecule has 0 aliphatic carbocycles. The summed E-state index contributed by atoms with van der Waals surface area (Å²) in [5.41, 5.74) is 1.62. The first-order valence-electron chi connectivity index (χ1n) is 11.4. The van der Waals surface area contributed by atoms with Crippen LogP contribution in [0.5, 0.6) is 0 Å². The number of hydrogen-bond donors (Lipinski definition) is 2. The van der Waals surface area contributed by atoms with Crippen LogP contribution in [0.4, 0.5) is 0 Å². The van der Waals surface area contributed by atoms with Gasteiger partial charge in [-0.2, -0.15) is 0 Å². The minimum atomic E-state index is -4.12. The molecule has 0 fully saturated rings. The van der Waals surface area contributed by atoms with E-state index in [0.717, 1.165) is 23.7 Å². The molecule has 3 rings (SSSR count). The summed E-state index contributed by atoms with van der Waals surface area (Å²) < 4.78 is 32.4. The molecule has 2 aromatic carbocycles. The van der Waals surface area contributed by atoms with Crippen LogP contribution in [0.15, 0.2) is 77.8 Å². The van der Waals surface area contributed by atoms with Crippen LogP contribution in [0, 0.1) is 0 Å². The molecule has 10 heteroatoms. The lowest BCUT2D eigenvalue weighted by Gasteiger charge is -2.09. The second-order valence-electron chi connectivity index (χ2n) is 7.92. The number of benzene rings is 2. The smallest absolute Gasteiger partial charge is 0.357 e. The zero-order chi connectivity index (χ0) is 26.0. The largest absolute Gasteiger partial charge is 0.456 e. The second-order valence-corrected chi connectivity index (χ2v) is 9.60. The van der Waals surface area contributed by atoms with Gasteiger partial charge in [0.2, 0.25) is 5.91 Å². The Kier molecular flexibility index (Phi) is 9.29. The summed E-state index contributed by atoms with van der Waals surface area (Å²) in [4.78, 5) is 40.0. The molecular formula is C26H27N3O6S. The van der Waals surface area contributed by atoms with Crippen molar-refractivity contribution in [1.82, 2.24) is 15.0 Å². The van der Waals surface area contributed by atoms with E-state index >= 15 is 0 Å². The number of pyridine rings is 1. The van der Waals surface area contributed by atoms with Crippen molar-refractivity contribution in [3.8, 4) is 0 Å². The highest BCUT2D eigenvalue weighted by Crippen LogP contribution is 2.12. The van der Waals surface area contributed by atoms with Gasteiger partial charge in [-0.15, -0.1) is 0 Å². The van der Waals surface area contributed by atoms with Crippen LogP contribution in [0.1, 0.15) is 51.7 Å². The number of sulfonamides is 1. The molecule has 188 valence electrons. The minimum Gasteiger partial charge on any atom is -0.456 e. The Morgan fingerprint density at radius 1 is 0.917 bits per heavy atom. The van der Waals surface area contributed by atoms with Crippen LogP contribution in [-0.2, 0) is 32.6 Å².